The summed E-state index contributed by atoms with van der Waals surface area (Å²) in [7, 11) is -2.02. The van der Waals surface area contributed by atoms with Crippen molar-refractivity contribution in [3.63, 3.8) is 0 Å². The van der Waals surface area contributed by atoms with Crippen LogP contribution in [0, 0.1) is 0 Å². The largest absolute Gasteiger partial charge is 0.726 e. The highest BCUT2D eigenvalue weighted by molar-refractivity contribution is 7.80. The van der Waals surface area contributed by atoms with Gasteiger partial charge in [-0.1, -0.05) is 0 Å². The highest BCUT2D eigenvalue weighted by Crippen LogP contribution is 2.00. The van der Waals surface area contributed by atoms with E-state index in [1.165, 1.54) is 0 Å². The molecule has 0 aromatic rings. The smallest absolute Gasteiger partial charge is 0.513 e. The third-order valence-electron chi connectivity index (χ3n) is 1.96. The molecule has 0 fully saturated rings. The lowest BCUT2D eigenvalue weighted by Gasteiger charge is -2.25. The fraction of sp³-hybridized carbons (Fsp3) is 0.857. The van der Waals surface area contributed by atoms with Gasteiger partial charge in [0.1, 0.15) is 6.54 Å². The molecule has 16 heavy (non-hydrogen) atoms. The normalized spacial score (nSPS) is 14.6. The lowest BCUT2D eigenvalue weighted by Crippen LogP contribution is -2.49. The van der Waals surface area contributed by atoms with E-state index in [2.05, 4.69) is 4.18 Å². The Hall–Kier alpha value is -0.740. The van der Waals surface area contributed by atoms with Crippen molar-refractivity contribution in [2.45, 2.75) is 6.92 Å². The summed E-state index contributed by atoms with van der Waals surface area (Å²) in [5.74, 6) is 0. The molecule has 98 valence electrons. The number of quaternary nitrogens is 1. The Kier molecular flexibility index (Phi) is 8.29. The van der Waals surface area contributed by atoms with Crippen molar-refractivity contribution in [3.8, 4) is 0 Å². The van der Waals surface area contributed by atoms with Gasteiger partial charge >= 0.3 is 6.09 Å². The van der Waals surface area contributed by atoms with Gasteiger partial charge in [0.15, 0.2) is 0 Å². The monoisotopic (exact) mass is 259 g/mol. The zero-order valence-corrected chi connectivity index (χ0v) is 10.2. The summed E-state index contributed by atoms with van der Waals surface area (Å²) < 4.78 is 30.9. The maximum atomic E-state index is 10.5. The van der Waals surface area contributed by atoms with Crippen LogP contribution in [0.2, 0.25) is 0 Å². The van der Waals surface area contributed by atoms with Gasteiger partial charge in [0, 0.05) is 0 Å². The third-order valence-corrected chi connectivity index (χ3v) is 2.37. The number of aliphatic hydroxyl groups is 1. The zero-order valence-electron chi connectivity index (χ0n) is 9.41. The number of rotatable bonds is 4. The number of hydrogen-bond donors (Lipinski definition) is 2. The molecule has 0 rings (SSSR count). The van der Waals surface area contributed by atoms with Crippen LogP contribution in [0.25, 0.3) is 0 Å². The molecule has 1 amide bonds. The molecular weight excluding hydrogens is 242 g/mol. The van der Waals surface area contributed by atoms with Crippen LogP contribution in [0.3, 0.4) is 0 Å². The van der Waals surface area contributed by atoms with Crippen LogP contribution < -0.4 is 0 Å². The maximum absolute atomic E-state index is 10.5. The number of likely N-dealkylation sites (N-methyl/N-ethyl adjacent to an activating group) is 1. The Morgan fingerprint density at radius 3 is 1.94 bits per heavy atom. The summed E-state index contributed by atoms with van der Waals surface area (Å²) in [6.07, 6.45) is -0.892. The second kappa shape index (κ2) is 7.52. The molecule has 8 nitrogen and oxygen atoms in total. The van der Waals surface area contributed by atoms with Crippen molar-refractivity contribution in [2.24, 2.45) is 0 Å². The fourth-order valence-electron chi connectivity index (χ4n) is 0.610. The molecular formula is C7H17NO7S. The molecule has 0 aliphatic heterocycles. The number of aliphatic hydroxyl groups excluding tert-OH is 1. The first-order valence-electron chi connectivity index (χ1n) is 4.33. The first-order chi connectivity index (χ1) is 7.13. The molecule has 2 N–H and O–H groups in total. The van der Waals surface area contributed by atoms with Crippen LogP contribution >= 0.6 is 0 Å². The number of carboxylic acid groups (broad SMARTS) is 1. The van der Waals surface area contributed by atoms with Gasteiger partial charge in [0.2, 0.25) is 10.4 Å². The van der Waals surface area contributed by atoms with Crippen molar-refractivity contribution in [3.05, 3.63) is 0 Å². The molecule has 0 saturated heterocycles. The Balaban J connectivity index is 0. The predicted molar refractivity (Wildman–Crippen MR) is 53.4 cm³/mol. The average Bonchev–Trinajstić information content (AvgIpc) is 2.17. The van der Waals surface area contributed by atoms with Crippen molar-refractivity contribution in [2.75, 3.05) is 33.9 Å². The van der Waals surface area contributed by atoms with E-state index in [-0.39, 0.29) is 17.6 Å². The Bertz CT molecular complexity index is 302. The van der Waals surface area contributed by atoms with Crippen LogP contribution in [0.4, 0.5) is 4.79 Å². The number of carbonyl (C=O) groups is 1. The van der Waals surface area contributed by atoms with E-state index >= 15 is 0 Å². The Morgan fingerprint density at radius 1 is 1.50 bits per heavy atom. The lowest BCUT2D eigenvalue weighted by atomic mass is 10.4. The van der Waals surface area contributed by atoms with Crippen LogP contribution in [0.1, 0.15) is 6.92 Å². The second-order valence-corrected chi connectivity index (χ2v) is 4.17. The van der Waals surface area contributed by atoms with E-state index in [1.54, 1.807) is 14.0 Å². The molecule has 9 heteroatoms. The highest BCUT2D eigenvalue weighted by atomic mass is 32.3. The minimum atomic E-state index is -4.41. The first kappa shape index (κ1) is 17.6. The van der Waals surface area contributed by atoms with Crippen LogP contribution in [-0.2, 0) is 14.6 Å². The summed E-state index contributed by atoms with van der Waals surface area (Å²) in [5.41, 5.74) is 0. The Labute approximate surface area is 94.6 Å². The van der Waals surface area contributed by atoms with Gasteiger partial charge in [-0.3, -0.25) is 4.18 Å². The van der Waals surface area contributed by atoms with Gasteiger partial charge < -0.3 is 14.8 Å². The van der Waals surface area contributed by atoms with Gasteiger partial charge in [0.05, 0.1) is 27.3 Å². The van der Waals surface area contributed by atoms with Crippen molar-refractivity contribution in [1.29, 1.82) is 0 Å². The minimum Gasteiger partial charge on any atom is -0.726 e. The van der Waals surface area contributed by atoms with Gasteiger partial charge in [-0.15, -0.1) is 0 Å². The van der Waals surface area contributed by atoms with Crippen LogP contribution in [-0.4, -0.2) is 67.6 Å². The molecule has 1 unspecified atom stereocenters. The van der Waals surface area contributed by atoms with Gasteiger partial charge in [-0.25, -0.2) is 12.9 Å². The minimum absolute atomic E-state index is 0.0867. The molecule has 0 bridgehead atoms. The molecule has 0 aliphatic carbocycles. The highest BCUT2D eigenvalue weighted by Gasteiger charge is 2.28. The van der Waals surface area contributed by atoms with E-state index in [0.717, 1.165) is 7.11 Å². The summed E-state index contributed by atoms with van der Waals surface area (Å²) in [4.78, 5) is 10.5. The van der Waals surface area contributed by atoms with Gasteiger partial charge in [-0.2, -0.15) is 4.79 Å². The summed E-state index contributed by atoms with van der Waals surface area (Å²) in [5, 5.41) is 17.1. The van der Waals surface area contributed by atoms with Gasteiger partial charge in [-0.05, 0) is 6.92 Å². The molecule has 0 saturated carbocycles. The quantitative estimate of drug-likeness (QED) is 0.385. The number of amides is 1. The second-order valence-electron chi connectivity index (χ2n) is 3.02. The van der Waals surface area contributed by atoms with E-state index in [1.807, 2.05) is 0 Å². The summed E-state index contributed by atoms with van der Waals surface area (Å²) in [6, 6.07) is 0. The van der Waals surface area contributed by atoms with E-state index in [9.17, 15) is 17.8 Å². The maximum Gasteiger partial charge on any atom is 0.513 e. The predicted octanol–water partition coefficient (Wildman–Crippen LogP) is -0.784. The van der Waals surface area contributed by atoms with Crippen molar-refractivity contribution < 1.29 is 36.6 Å². The molecule has 0 heterocycles. The molecule has 0 radical (unpaired) electrons. The van der Waals surface area contributed by atoms with E-state index < -0.39 is 16.5 Å². The molecule has 0 aromatic carbocycles. The zero-order chi connectivity index (χ0) is 13.4. The fourth-order valence-corrected chi connectivity index (χ4v) is 0.610. The van der Waals surface area contributed by atoms with Crippen LogP contribution in [0.5, 0.6) is 0 Å². The number of hydrogen-bond acceptors (Lipinski definition) is 6. The molecule has 0 aliphatic rings. The summed E-state index contributed by atoms with van der Waals surface area (Å²) in [6.45, 7) is 2.46. The SMILES string of the molecule is CC[N+](C)(CCO)C(=O)O.COS(=O)(=O)[O-]. The van der Waals surface area contributed by atoms with Crippen molar-refractivity contribution in [1.82, 2.24) is 0 Å². The lowest BCUT2D eigenvalue weighted by molar-refractivity contribution is -0.835. The molecule has 0 spiro atoms. The average molecular weight is 259 g/mol. The molecule has 0 aromatic heterocycles. The summed E-state index contributed by atoms with van der Waals surface area (Å²) >= 11 is 0. The van der Waals surface area contributed by atoms with E-state index in [4.69, 9.17) is 10.2 Å². The van der Waals surface area contributed by atoms with E-state index in [0.29, 0.717) is 6.54 Å². The van der Waals surface area contributed by atoms with Crippen molar-refractivity contribution >= 4 is 16.5 Å². The van der Waals surface area contributed by atoms with Gasteiger partial charge in [0.25, 0.3) is 0 Å². The number of nitrogens with zero attached hydrogens (tertiary/aromatic N) is 1. The Morgan fingerprint density at radius 2 is 1.88 bits per heavy atom. The van der Waals surface area contributed by atoms with Crippen LogP contribution in [0.15, 0.2) is 0 Å². The third kappa shape index (κ3) is 8.56. The molecule has 1 atom stereocenters. The first-order valence-corrected chi connectivity index (χ1v) is 5.66. The topological polar surface area (TPSA) is 124 Å². The standard InChI is InChI=1S/C6H13NO3.CH4O4S/c1-3-7(2,4-5-8)6(9)10;1-5-6(2,3)4/h8H,3-5H2,1-2H3;1H3,(H,2,3,4).